The first-order valence-electron chi connectivity index (χ1n) is 2.59. The standard InChI is InChI=1S/C4H11N3O2/c1-3(2-6-5)7-4(8)9/h3,6-7H,2,5H2,1H3,(H,8,9)/t3-/m0/s1. The summed E-state index contributed by atoms with van der Waals surface area (Å²) in [6.45, 7) is 2.15. The molecule has 1 amide bonds. The van der Waals surface area contributed by atoms with E-state index in [0.717, 1.165) is 0 Å². The van der Waals surface area contributed by atoms with E-state index in [1.165, 1.54) is 0 Å². The van der Waals surface area contributed by atoms with Crippen LogP contribution < -0.4 is 16.6 Å². The molecule has 0 spiro atoms. The molecule has 0 heterocycles. The quantitative estimate of drug-likeness (QED) is 0.297. The Balaban J connectivity index is 3.26. The average Bonchev–Trinajstić information content (AvgIpc) is 1.63. The fourth-order valence-corrected chi connectivity index (χ4v) is 0.439. The highest BCUT2D eigenvalue weighted by Gasteiger charge is 2.01. The molecule has 0 aliphatic carbocycles. The van der Waals surface area contributed by atoms with Gasteiger partial charge in [-0.25, -0.2) is 4.79 Å². The molecule has 1 atom stereocenters. The van der Waals surface area contributed by atoms with Gasteiger partial charge in [-0.2, -0.15) is 0 Å². The van der Waals surface area contributed by atoms with Crippen molar-refractivity contribution in [2.45, 2.75) is 13.0 Å². The summed E-state index contributed by atoms with van der Waals surface area (Å²) in [7, 11) is 0. The van der Waals surface area contributed by atoms with Crippen LogP contribution in [-0.2, 0) is 0 Å². The first kappa shape index (κ1) is 8.19. The average molecular weight is 133 g/mol. The van der Waals surface area contributed by atoms with Gasteiger partial charge in [0.15, 0.2) is 0 Å². The van der Waals surface area contributed by atoms with Gasteiger partial charge in [-0.1, -0.05) is 0 Å². The predicted octanol–water partition coefficient (Wildman–Crippen LogP) is -0.894. The van der Waals surface area contributed by atoms with E-state index in [2.05, 4.69) is 10.7 Å². The molecule has 0 aromatic rings. The third-order valence-electron chi connectivity index (χ3n) is 0.794. The lowest BCUT2D eigenvalue weighted by molar-refractivity contribution is 0.190. The van der Waals surface area contributed by atoms with Crippen molar-refractivity contribution in [1.29, 1.82) is 0 Å². The van der Waals surface area contributed by atoms with Gasteiger partial charge in [0.25, 0.3) is 0 Å². The summed E-state index contributed by atoms with van der Waals surface area (Å²) in [6.07, 6.45) is -1.03. The van der Waals surface area contributed by atoms with E-state index in [-0.39, 0.29) is 6.04 Å². The number of carbonyl (C=O) groups is 1. The first-order chi connectivity index (χ1) is 4.16. The van der Waals surface area contributed by atoms with Crippen molar-refractivity contribution in [3.63, 3.8) is 0 Å². The summed E-state index contributed by atoms with van der Waals surface area (Å²) in [4.78, 5) is 9.90. The Morgan fingerprint density at radius 2 is 2.44 bits per heavy atom. The zero-order valence-corrected chi connectivity index (χ0v) is 5.22. The second-order valence-electron chi connectivity index (χ2n) is 1.76. The van der Waals surface area contributed by atoms with Gasteiger partial charge in [0.2, 0.25) is 0 Å². The SMILES string of the molecule is C[C@@H](CNN)NC(=O)O. The number of amides is 1. The van der Waals surface area contributed by atoms with Crippen LogP contribution in [0.4, 0.5) is 4.79 Å². The molecule has 5 nitrogen and oxygen atoms in total. The summed E-state index contributed by atoms with van der Waals surface area (Å²) in [5.41, 5.74) is 2.35. The van der Waals surface area contributed by atoms with Crippen molar-refractivity contribution in [2.24, 2.45) is 5.84 Å². The van der Waals surface area contributed by atoms with Gasteiger partial charge >= 0.3 is 6.09 Å². The normalized spacial score (nSPS) is 12.7. The fraction of sp³-hybridized carbons (Fsp3) is 0.750. The van der Waals surface area contributed by atoms with Crippen molar-refractivity contribution < 1.29 is 9.90 Å². The molecule has 0 rings (SSSR count). The third-order valence-corrected chi connectivity index (χ3v) is 0.794. The lowest BCUT2D eigenvalue weighted by Crippen LogP contribution is -2.41. The van der Waals surface area contributed by atoms with Crippen LogP contribution in [0.5, 0.6) is 0 Å². The summed E-state index contributed by atoms with van der Waals surface area (Å²) in [5.74, 6) is 4.92. The van der Waals surface area contributed by atoms with E-state index >= 15 is 0 Å². The molecule has 0 radical (unpaired) electrons. The van der Waals surface area contributed by atoms with E-state index in [4.69, 9.17) is 10.9 Å². The first-order valence-corrected chi connectivity index (χ1v) is 2.59. The maximum atomic E-state index is 9.90. The fourth-order valence-electron chi connectivity index (χ4n) is 0.439. The lowest BCUT2D eigenvalue weighted by Gasteiger charge is -2.08. The van der Waals surface area contributed by atoms with E-state index in [9.17, 15) is 4.79 Å². The van der Waals surface area contributed by atoms with Crippen molar-refractivity contribution in [3.8, 4) is 0 Å². The Morgan fingerprint density at radius 3 is 2.78 bits per heavy atom. The molecule has 0 aliphatic rings. The highest BCUT2D eigenvalue weighted by molar-refractivity contribution is 5.64. The number of hydrogen-bond donors (Lipinski definition) is 4. The van der Waals surface area contributed by atoms with Crippen LogP contribution >= 0.6 is 0 Å². The van der Waals surface area contributed by atoms with Crippen LogP contribution in [-0.4, -0.2) is 23.8 Å². The Bertz CT molecular complexity index is 95.8. The molecule has 0 aliphatic heterocycles. The molecular formula is C4H11N3O2. The largest absolute Gasteiger partial charge is 0.465 e. The predicted molar refractivity (Wildman–Crippen MR) is 32.8 cm³/mol. The van der Waals surface area contributed by atoms with E-state index in [1.807, 2.05) is 0 Å². The number of hydrogen-bond acceptors (Lipinski definition) is 3. The van der Waals surface area contributed by atoms with Crippen LogP contribution in [0, 0.1) is 0 Å². The minimum Gasteiger partial charge on any atom is -0.465 e. The zero-order chi connectivity index (χ0) is 7.28. The van der Waals surface area contributed by atoms with Gasteiger partial charge in [0.1, 0.15) is 0 Å². The van der Waals surface area contributed by atoms with Gasteiger partial charge in [0, 0.05) is 12.6 Å². The molecule has 0 saturated carbocycles. The van der Waals surface area contributed by atoms with Crippen LogP contribution in [0.2, 0.25) is 0 Å². The summed E-state index contributed by atoms with van der Waals surface area (Å²) >= 11 is 0. The van der Waals surface area contributed by atoms with Crippen LogP contribution in [0.15, 0.2) is 0 Å². The molecule has 0 bridgehead atoms. The van der Waals surface area contributed by atoms with Crippen LogP contribution in [0.1, 0.15) is 6.92 Å². The molecule has 9 heavy (non-hydrogen) atoms. The van der Waals surface area contributed by atoms with E-state index < -0.39 is 6.09 Å². The lowest BCUT2D eigenvalue weighted by atomic mass is 10.3. The molecule has 54 valence electrons. The van der Waals surface area contributed by atoms with Gasteiger partial charge < -0.3 is 10.4 Å². The van der Waals surface area contributed by atoms with E-state index in [0.29, 0.717) is 6.54 Å². The molecule has 0 aromatic carbocycles. The number of nitrogens with two attached hydrogens (primary N) is 1. The topological polar surface area (TPSA) is 87.4 Å². The molecule has 0 saturated heterocycles. The van der Waals surface area contributed by atoms with Gasteiger partial charge in [-0.15, -0.1) is 0 Å². The van der Waals surface area contributed by atoms with Crippen LogP contribution in [0.25, 0.3) is 0 Å². The maximum Gasteiger partial charge on any atom is 0.404 e. The Labute approximate surface area is 53.2 Å². The second-order valence-corrected chi connectivity index (χ2v) is 1.76. The minimum atomic E-state index is -1.03. The van der Waals surface area contributed by atoms with Crippen LogP contribution in [0.3, 0.4) is 0 Å². The minimum absolute atomic E-state index is 0.146. The number of nitrogens with one attached hydrogen (secondary N) is 2. The zero-order valence-electron chi connectivity index (χ0n) is 5.22. The molecule has 0 fully saturated rings. The van der Waals surface area contributed by atoms with Crippen molar-refractivity contribution in [2.75, 3.05) is 6.54 Å². The van der Waals surface area contributed by atoms with Crippen molar-refractivity contribution in [3.05, 3.63) is 0 Å². The molecular weight excluding hydrogens is 122 g/mol. The van der Waals surface area contributed by atoms with Crippen molar-refractivity contribution in [1.82, 2.24) is 10.7 Å². The van der Waals surface area contributed by atoms with Crippen molar-refractivity contribution >= 4 is 6.09 Å². The van der Waals surface area contributed by atoms with Gasteiger partial charge in [-0.05, 0) is 6.92 Å². The Morgan fingerprint density at radius 1 is 1.89 bits per heavy atom. The highest BCUT2D eigenvalue weighted by atomic mass is 16.4. The monoisotopic (exact) mass is 133 g/mol. The maximum absolute atomic E-state index is 9.90. The summed E-state index contributed by atoms with van der Waals surface area (Å²) < 4.78 is 0. The molecule has 5 heteroatoms. The molecule has 0 aromatic heterocycles. The Hall–Kier alpha value is -0.810. The van der Waals surface area contributed by atoms with Gasteiger partial charge in [0.05, 0.1) is 0 Å². The Kier molecular flexibility index (Phi) is 3.74. The number of carboxylic acid groups (broad SMARTS) is 1. The third kappa shape index (κ3) is 5.05. The molecule has 5 N–H and O–H groups in total. The smallest absolute Gasteiger partial charge is 0.404 e. The van der Waals surface area contributed by atoms with E-state index in [1.54, 1.807) is 6.92 Å². The summed E-state index contributed by atoms with van der Waals surface area (Å²) in [5, 5.41) is 10.3. The van der Waals surface area contributed by atoms with Gasteiger partial charge in [-0.3, -0.25) is 11.3 Å². The second kappa shape index (κ2) is 4.11. The highest BCUT2D eigenvalue weighted by Crippen LogP contribution is 1.75. The molecule has 0 unspecified atom stereocenters. The summed E-state index contributed by atoms with van der Waals surface area (Å²) in [6, 6.07) is -0.146. The number of hydrazine groups is 1. The number of rotatable bonds is 3.